The van der Waals surface area contributed by atoms with Crippen LogP contribution in [0, 0.1) is 5.82 Å². The SMILES string of the molecule is CC(C)S(=O)(=O)c1ncccc1Nc1nc(Nc2cccc(NC(=O)CN)c2)ncc1F. The summed E-state index contributed by atoms with van der Waals surface area (Å²) < 4.78 is 39.6. The molecule has 0 radical (unpaired) electrons. The van der Waals surface area contributed by atoms with Crippen molar-refractivity contribution in [1.29, 1.82) is 0 Å². The molecule has 0 atom stereocenters. The summed E-state index contributed by atoms with van der Waals surface area (Å²) in [6, 6.07) is 9.70. The van der Waals surface area contributed by atoms with Crippen LogP contribution in [0.5, 0.6) is 0 Å². The summed E-state index contributed by atoms with van der Waals surface area (Å²) >= 11 is 0. The number of carbonyl (C=O) groups excluding carboxylic acids is 1. The normalized spacial score (nSPS) is 11.3. The van der Waals surface area contributed by atoms with Crippen molar-refractivity contribution in [2.75, 3.05) is 22.5 Å². The third-order valence-corrected chi connectivity index (χ3v) is 6.35. The van der Waals surface area contributed by atoms with E-state index in [1.54, 1.807) is 24.3 Å². The Morgan fingerprint density at radius 3 is 2.59 bits per heavy atom. The molecule has 2 aromatic heterocycles. The molecule has 1 amide bonds. The predicted molar refractivity (Wildman–Crippen MR) is 119 cm³/mol. The van der Waals surface area contributed by atoms with Crippen LogP contribution in [0.1, 0.15) is 13.8 Å². The van der Waals surface area contributed by atoms with Crippen molar-refractivity contribution in [1.82, 2.24) is 15.0 Å². The van der Waals surface area contributed by atoms with Gasteiger partial charge >= 0.3 is 0 Å². The van der Waals surface area contributed by atoms with Crippen molar-refractivity contribution in [3.63, 3.8) is 0 Å². The van der Waals surface area contributed by atoms with E-state index in [-0.39, 0.29) is 34.9 Å². The standard InChI is InChI=1S/C20H22FN7O3S/c1-12(2)32(30,31)19-16(7-4-8-23-19)27-18-15(21)11-24-20(28-18)26-14-6-3-5-13(9-14)25-17(29)10-22/h3-9,11-12H,10,22H2,1-2H3,(H,25,29)(H2,24,26,27,28). The first-order valence-corrected chi connectivity index (χ1v) is 11.1. The number of rotatable bonds is 8. The van der Waals surface area contributed by atoms with Gasteiger partial charge in [-0.3, -0.25) is 4.79 Å². The van der Waals surface area contributed by atoms with E-state index in [1.807, 2.05) is 0 Å². The number of aromatic nitrogens is 3. The number of nitrogens with zero attached hydrogens (tertiary/aromatic N) is 3. The molecule has 0 aliphatic carbocycles. The van der Waals surface area contributed by atoms with Gasteiger partial charge in [0.05, 0.1) is 23.7 Å². The summed E-state index contributed by atoms with van der Waals surface area (Å²) in [5.74, 6) is -1.32. The van der Waals surface area contributed by atoms with Gasteiger partial charge in [0.2, 0.25) is 11.9 Å². The molecule has 0 unspecified atom stereocenters. The highest BCUT2D eigenvalue weighted by Crippen LogP contribution is 2.27. The molecule has 3 rings (SSSR count). The molecule has 32 heavy (non-hydrogen) atoms. The molecule has 168 valence electrons. The number of benzene rings is 1. The second kappa shape index (κ2) is 9.66. The van der Waals surface area contributed by atoms with Crippen LogP contribution in [0.15, 0.2) is 53.8 Å². The van der Waals surface area contributed by atoms with E-state index in [4.69, 9.17) is 5.73 Å². The smallest absolute Gasteiger partial charge is 0.238 e. The summed E-state index contributed by atoms with van der Waals surface area (Å²) in [4.78, 5) is 23.4. The average Bonchev–Trinajstić information content (AvgIpc) is 2.76. The van der Waals surface area contributed by atoms with Crippen LogP contribution in [0.2, 0.25) is 0 Å². The molecule has 3 aromatic rings. The monoisotopic (exact) mass is 459 g/mol. The molecular formula is C20H22FN7O3S. The van der Waals surface area contributed by atoms with Gasteiger partial charge in [-0.15, -0.1) is 0 Å². The molecule has 0 aliphatic heterocycles. The van der Waals surface area contributed by atoms with Crippen molar-refractivity contribution < 1.29 is 17.6 Å². The minimum absolute atomic E-state index is 0.0494. The van der Waals surface area contributed by atoms with Crippen molar-refractivity contribution in [3.05, 3.63) is 54.6 Å². The fraction of sp³-hybridized carbons (Fsp3) is 0.200. The van der Waals surface area contributed by atoms with E-state index >= 15 is 0 Å². The van der Waals surface area contributed by atoms with Gasteiger partial charge in [0.1, 0.15) is 0 Å². The van der Waals surface area contributed by atoms with Crippen LogP contribution in [0.25, 0.3) is 0 Å². The fourth-order valence-corrected chi connectivity index (χ4v) is 3.67. The van der Waals surface area contributed by atoms with E-state index in [9.17, 15) is 17.6 Å². The highest BCUT2D eigenvalue weighted by Gasteiger charge is 2.25. The third kappa shape index (κ3) is 5.34. The molecule has 0 saturated heterocycles. The lowest BCUT2D eigenvalue weighted by Crippen LogP contribution is -2.21. The van der Waals surface area contributed by atoms with Gasteiger partial charge in [-0.1, -0.05) is 6.07 Å². The Bertz CT molecular complexity index is 1240. The first-order chi connectivity index (χ1) is 15.2. The van der Waals surface area contributed by atoms with Crippen LogP contribution in [-0.2, 0) is 14.6 Å². The molecule has 1 aromatic carbocycles. The lowest BCUT2D eigenvalue weighted by Gasteiger charge is -2.14. The van der Waals surface area contributed by atoms with E-state index in [0.29, 0.717) is 11.4 Å². The Hall–Kier alpha value is -3.64. The van der Waals surface area contributed by atoms with Crippen molar-refractivity contribution in [3.8, 4) is 0 Å². The molecule has 10 nitrogen and oxygen atoms in total. The Kier molecular flexibility index (Phi) is 6.95. The molecule has 0 bridgehead atoms. The molecule has 0 spiro atoms. The zero-order valence-corrected chi connectivity index (χ0v) is 18.1. The number of halogens is 1. The maximum Gasteiger partial charge on any atom is 0.238 e. The molecule has 12 heteroatoms. The van der Waals surface area contributed by atoms with Crippen molar-refractivity contribution in [2.24, 2.45) is 5.73 Å². The maximum absolute atomic E-state index is 14.4. The highest BCUT2D eigenvalue weighted by atomic mass is 32.2. The summed E-state index contributed by atoms with van der Waals surface area (Å²) in [5.41, 5.74) is 6.42. The number of carbonyl (C=O) groups is 1. The Labute approximate surface area is 184 Å². The minimum Gasteiger partial charge on any atom is -0.335 e. The molecule has 2 heterocycles. The van der Waals surface area contributed by atoms with Gasteiger partial charge < -0.3 is 21.7 Å². The van der Waals surface area contributed by atoms with Gasteiger partial charge in [0.25, 0.3) is 0 Å². The Balaban J connectivity index is 1.87. The van der Waals surface area contributed by atoms with Gasteiger partial charge in [0.15, 0.2) is 26.5 Å². The molecule has 5 N–H and O–H groups in total. The van der Waals surface area contributed by atoms with E-state index < -0.39 is 20.9 Å². The number of amides is 1. The first kappa shape index (κ1) is 23.0. The van der Waals surface area contributed by atoms with Crippen LogP contribution in [0.4, 0.5) is 33.2 Å². The maximum atomic E-state index is 14.4. The molecule has 0 aliphatic rings. The first-order valence-electron chi connectivity index (χ1n) is 9.56. The lowest BCUT2D eigenvalue weighted by atomic mass is 10.2. The van der Waals surface area contributed by atoms with Crippen molar-refractivity contribution in [2.45, 2.75) is 24.1 Å². The van der Waals surface area contributed by atoms with Gasteiger partial charge in [-0.2, -0.15) is 4.98 Å². The number of pyridine rings is 1. The number of anilines is 5. The average molecular weight is 460 g/mol. The minimum atomic E-state index is -3.71. The van der Waals surface area contributed by atoms with Gasteiger partial charge in [-0.25, -0.2) is 22.8 Å². The van der Waals surface area contributed by atoms with Crippen LogP contribution in [0.3, 0.4) is 0 Å². The number of nitrogens with one attached hydrogen (secondary N) is 3. The quantitative estimate of drug-likeness (QED) is 0.398. The number of hydrogen-bond donors (Lipinski definition) is 4. The fourth-order valence-electron chi connectivity index (χ4n) is 2.59. The van der Waals surface area contributed by atoms with E-state index in [0.717, 1.165) is 6.20 Å². The second-order valence-electron chi connectivity index (χ2n) is 6.92. The number of sulfone groups is 1. The Morgan fingerprint density at radius 1 is 1.12 bits per heavy atom. The zero-order valence-electron chi connectivity index (χ0n) is 17.3. The largest absolute Gasteiger partial charge is 0.335 e. The van der Waals surface area contributed by atoms with Gasteiger partial charge in [-0.05, 0) is 44.2 Å². The molecule has 0 saturated carbocycles. The van der Waals surface area contributed by atoms with Crippen LogP contribution >= 0.6 is 0 Å². The van der Waals surface area contributed by atoms with Gasteiger partial charge in [0, 0.05) is 17.6 Å². The third-order valence-electron chi connectivity index (χ3n) is 4.25. The predicted octanol–water partition coefficient (Wildman–Crippen LogP) is 2.58. The zero-order chi connectivity index (χ0) is 23.3. The van der Waals surface area contributed by atoms with Crippen LogP contribution < -0.4 is 21.7 Å². The summed E-state index contributed by atoms with van der Waals surface area (Å²) in [6.07, 6.45) is 2.30. The van der Waals surface area contributed by atoms with E-state index in [2.05, 4.69) is 30.9 Å². The van der Waals surface area contributed by atoms with Crippen LogP contribution in [-0.4, -0.2) is 41.1 Å². The number of hydrogen-bond acceptors (Lipinski definition) is 9. The molecule has 0 fully saturated rings. The van der Waals surface area contributed by atoms with Crippen molar-refractivity contribution >= 4 is 44.6 Å². The number of nitrogens with two attached hydrogens (primary N) is 1. The summed E-state index contributed by atoms with van der Waals surface area (Å²) in [6.45, 7) is 2.91. The molecular weight excluding hydrogens is 437 g/mol. The second-order valence-corrected chi connectivity index (χ2v) is 9.34. The topological polar surface area (TPSA) is 152 Å². The highest BCUT2D eigenvalue weighted by molar-refractivity contribution is 7.92. The Morgan fingerprint density at radius 2 is 1.88 bits per heavy atom. The van der Waals surface area contributed by atoms with E-state index in [1.165, 1.54) is 32.2 Å². The lowest BCUT2D eigenvalue weighted by molar-refractivity contribution is -0.114. The summed E-state index contributed by atoms with van der Waals surface area (Å²) in [7, 11) is -3.71. The summed E-state index contributed by atoms with van der Waals surface area (Å²) in [5, 5.41) is 7.31.